The first-order valence-corrected chi connectivity index (χ1v) is 8.81. The lowest BCUT2D eigenvalue weighted by molar-refractivity contribution is -0.112. The Bertz CT molecular complexity index is 985. The van der Waals surface area contributed by atoms with Gasteiger partial charge in [0.05, 0.1) is 5.56 Å². The minimum absolute atomic E-state index is 0.0811. The molecule has 0 fully saturated rings. The second kappa shape index (κ2) is 6.98. The van der Waals surface area contributed by atoms with Crippen molar-refractivity contribution in [1.82, 2.24) is 0 Å². The average Bonchev–Trinajstić information content (AvgIpc) is 2.69. The molecule has 26 heavy (non-hydrogen) atoms. The third-order valence-corrected chi connectivity index (χ3v) is 4.81. The average molecular weight is 361 g/mol. The number of hydrogen-bond donors (Lipinski definition) is 2. The van der Waals surface area contributed by atoms with Gasteiger partial charge in [-0.05, 0) is 23.8 Å². The number of fused-ring (bicyclic) bond motifs is 1. The maximum absolute atomic E-state index is 12.5. The minimum atomic E-state index is -0.408. The highest BCUT2D eigenvalue weighted by atomic mass is 32.2. The van der Waals surface area contributed by atoms with Gasteiger partial charge in [-0.2, -0.15) is 0 Å². The number of benzene rings is 3. The Hall–Kier alpha value is -3.18. The van der Waals surface area contributed by atoms with Crippen LogP contribution in [-0.2, 0) is 4.79 Å². The number of anilines is 1. The zero-order chi connectivity index (χ0) is 17.9. The van der Waals surface area contributed by atoms with E-state index in [1.807, 2.05) is 60.7 Å². The Kier molecular flexibility index (Phi) is 4.37. The van der Waals surface area contributed by atoms with Crippen LogP contribution in [0.15, 0.2) is 83.8 Å². The van der Waals surface area contributed by atoms with Crippen LogP contribution in [0.25, 0.3) is 16.9 Å². The zero-order valence-corrected chi connectivity index (χ0v) is 14.5. The van der Waals surface area contributed by atoms with Gasteiger partial charge < -0.3 is 14.6 Å². The predicted octanol–water partition coefficient (Wildman–Crippen LogP) is 5.26. The fourth-order valence-electron chi connectivity index (χ4n) is 2.76. The van der Waals surface area contributed by atoms with E-state index < -0.39 is 5.91 Å². The molecule has 0 aromatic heterocycles. The smallest absolute Gasteiger partial charge is 0.269 e. The van der Waals surface area contributed by atoms with Crippen molar-refractivity contribution in [3.05, 3.63) is 89.3 Å². The first-order chi connectivity index (χ1) is 12.7. The van der Waals surface area contributed by atoms with Crippen LogP contribution in [0, 0.1) is 0 Å². The van der Waals surface area contributed by atoms with Crippen molar-refractivity contribution in [2.75, 3.05) is 5.32 Å². The van der Waals surface area contributed by atoms with E-state index in [9.17, 15) is 9.90 Å². The second-order valence-electron chi connectivity index (χ2n) is 5.71. The monoisotopic (exact) mass is 361 g/mol. The van der Waals surface area contributed by atoms with E-state index in [2.05, 4.69) is 5.32 Å². The van der Waals surface area contributed by atoms with Crippen molar-refractivity contribution in [1.29, 1.82) is 0 Å². The van der Waals surface area contributed by atoms with Crippen molar-refractivity contribution in [3.8, 4) is 16.9 Å². The van der Waals surface area contributed by atoms with Gasteiger partial charge in [0, 0.05) is 11.3 Å². The quantitative estimate of drug-likeness (QED) is 0.625. The standard InChI is InChI=1S/C21H15NO3S/c23-18-17-13-7-12-16(14-8-3-1-4-9-14)19(17)25-26-20(18)21(24)22-15-10-5-2-6-11-15/h1-13,23H,(H,22,24). The molecule has 0 atom stereocenters. The second-order valence-corrected chi connectivity index (χ2v) is 6.45. The molecule has 5 heteroatoms. The van der Waals surface area contributed by atoms with Crippen LogP contribution in [0.1, 0.15) is 5.56 Å². The Labute approximate surface area is 155 Å². The van der Waals surface area contributed by atoms with Gasteiger partial charge in [0.25, 0.3) is 5.91 Å². The zero-order valence-electron chi connectivity index (χ0n) is 13.7. The van der Waals surface area contributed by atoms with Crippen LogP contribution in [0.4, 0.5) is 5.69 Å². The van der Waals surface area contributed by atoms with Crippen molar-refractivity contribution in [2.45, 2.75) is 0 Å². The summed E-state index contributed by atoms with van der Waals surface area (Å²) < 4.78 is 5.79. The van der Waals surface area contributed by atoms with E-state index in [-0.39, 0.29) is 10.7 Å². The van der Waals surface area contributed by atoms with E-state index in [0.717, 1.165) is 23.2 Å². The molecule has 0 saturated carbocycles. The fourth-order valence-corrected chi connectivity index (χ4v) is 3.42. The number of aliphatic hydroxyl groups excluding tert-OH is 1. The number of carbonyl (C=O) groups excluding carboxylic acids is 1. The summed E-state index contributed by atoms with van der Waals surface area (Å²) in [6.45, 7) is 0. The normalized spacial score (nSPS) is 12.9. The van der Waals surface area contributed by atoms with Gasteiger partial charge in [-0.25, -0.2) is 0 Å². The summed E-state index contributed by atoms with van der Waals surface area (Å²) in [7, 11) is 0. The van der Waals surface area contributed by atoms with Crippen LogP contribution in [0.2, 0.25) is 0 Å². The molecular weight excluding hydrogens is 346 g/mol. The molecule has 0 spiro atoms. The van der Waals surface area contributed by atoms with Crippen molar-refractivity contribution in [3.63, 3.8) is 0 Å². The van der Waals surface area contributed by atoms with E-state index >= 15 is 0 Å². The molecule has 128 valence electrons. The minimum Gasteiger partial charge on any atom is -0.506 e. The van der Waals surface area contributed by atoms with Crippen LogP contribution in [-0.4, -0.2) is 11.0 Å². The van der Waals surface area contributed by atoms with Crippen LogP contribution in [0.5, 0.6) is 5.75 Å². The molecule has 4 rings (SSSR count). The number of para-hydroxylation sites is 2. The van der Waals surface area contributed by atoms with E-state index in [1.165, 1.54) is 0 Å². The van der Waals surface area contributed by atoms with Crippen molar-refractivity contribution in [2.24, 2.45) is 0 Å². The van der Waals surface area contributed by atoms with Crippen LogP contribution < -0.4 is 9.50 Å². The molecule has 1 amide bonds. The van der Waals surface area contributed by atoms with Crippen LogP contribution in [0.3, 0.4) is 0 Å². The van der Waals surface area contributed by atoms with Gasteiger partial charge in [-0.15, -0.1) is 0 Å². The summed E-state index contributed by atoms with van der Waals surface area (Å²) in [6, 6.07) is 24.4. The fraction of sp³-hybridized carbons (Fsp3) is 0. The third kappa shape index (κ3) is 3.05. The Morgan fingerprint density at radius 1 is 0.846 bits per heavy atom. The molecule has 4 nitrogen and oxygen atoms in total. The van der Waals surface area contributed by atoms with Gasteiger partial charge in [0.15, 0.2) is 10.7 Å². The summed E-state index contributed by atoms with van der Waals surface area (Å²) in [4.78, 5) is 12.6. The summed E-state index contributed by atoms with van der Waals surface area (Å²) in [6.07, 6.45) is 0. The van der Waals surface area contributed by atoms with Gasteiger partial charge in [0.1, 0.15) is 17.8 Å². The van der Waals surface area contributed by atoms with Gasteiger partial charge >= 0.3 is 0 Å². The van der Waals surface area contributed by atoms with Crippen molar-refractivity contribution >= 4 is 29.4 Å². The molecule has 0 aliphatic carbocycles. The molecule has 3 aromatic rings. The highest BCUT2D eigenvalue weighted by Crippen LogP contribution is 2.44. The van der Waals surface area contributed by atoms with Gasteiger partial charge in [-0.1, -0.05) is 60.7 Å². The van der Waals surface area contributed by atoms with Crippen LogP contribution >= 0.6 is 12.0 Å². The number of rotatable bonds is 3. The van der Waals surface area contributed by atoms with Gasteiger partial charge in [0.2, 0.25) is 0 Å². The third-order valence-electron chi connectivity index (χ3n) is 4.02. The largest absolute Gasteiger partial charge is 0.506 e. The molecule has 1 heterocycles. The summed E-state index contributed by atoms with van der Waals surface area (Å²) in [5.41, 5.74) is 3.00. The Balaban J connectivity index is 1.70. The van der Waals surface area contributed by atoms with E-state index in [1.54, 1.807) is 18.2 Å². The van der Waals surface area contributed by atoms with E-state index in [4.69, 9.17) is 4.18 Å². The molecular formula is C21H15NO3S. The summed E-state index contributed by atoms with van der Waals surface area (Å²) in [5, 5.41) is 13.4. The maximum Gasteiger partial charge on any atom is 0.269 e. The Morgan fingerprint density at radius 2 is 1.50 bits per heavy atom. The van der Waals surface area contributed by atoms with E-state index in [0.29, 0.717) is 17.0 Å². The molecule has 0 saturated heterocycles. The molecule has 0 bridgehead atoms. The number of nitrogens with one attached hydrogen (secondary N) is 1. The lowest BCUT2D eigenvalue weighted by atomic mass is 10.0. The van der Waals surface area contributed by atoms with Gasteiger partial charge in [-0.3, -0.25) is 4.79 Å². The highest BCUT2D eigenvalue weighted by Gasteiger charge is 2.28. The topological polar surface area (TPSA) is 58.6 Å². The molecule has 0 radical (unpaired) electrons. The molecule has 2 N–H and O–H groups in total. The lowest BCUT2D eigenvalue weighted by Crippen LogP contribution is -2.17. The Morgan fingerprint density at radius 3 is 2.23 bits per heavy atom. The number of aliphatic hydroxyl groups is 1. The van der Waals surface area contributed by atoms with Crippen molar-refractivity contribution < 1.29 is 14.1 Å². The first kappa shape index (κ1) is 16.3. The molecule has 0 unspecified atom stereocenters. The summed E-state index contributed by atoms with van der Waals surface area (Å²) >= 11 is 0.868. The first-order valence-electron chi connectivity index (χ1n) is 8.07. The maximum atomic E-state index is 12.5. The SMILES string of the molecule is O=C(Nc1ccccc1)C1=C(O)c2cccc(-c3ccccc3)c2OS1. The lowest BCUT2D eigenvalue weighted by Gasteiger charge is -2.21. The number of amides is 1. The highest BCUT2D eigenvalue weighted by molar-refractivity contribution is 8.00. The molecule has 1 aliphatic rings. The number of hydrogen-bond acceptors (Lipinski definition) is 4. The number of carbonyl (C=O) groups is 1. The predicted molar refractivity (Wildman–Crippen MR) is 105 cm³/mol. The molecule has 3 aromatic carbocycles. The summed E-state index contributed by atoms with van der Waals surface area (Å²) in [5.74, 6) is 0.0642. The molecule has 1 aliphatic heterocycles.